The predicted molar refractivity (Wildman–Crippen MR) is 74.4 cm³/mol. The molecule has 0 spiro atoms. The second kappa shape index (κ2) is 5.42. The number of ketones is 1. The van der Waals surface area contributed by atoms with E-state index in [0.717, 1.165) is 5.56 Å². The molecule has 0 aliphatic rings. The van der Waals surface area contributed by atoms with Crippen molar-refractivity contribution in [2.75, 3.05) is 4.83 Å². The molecule has 20 heavy (non-hydrogen) atoms. The van der Waals surface area contributed by atoms with E-state index in [9.17, 15) is 13.2 Å². The average Bonchev–Trinajstić information content (AvgIpc) is 2.39. The molecule has 0 unspecified atom stereocenters. The van der Waals surface area contributed by atoms with Gasteiger partial charge in [-0.25, -0.2) is 0 Å². The molecular formula is C14H15N2O3S+. The molecule has 1 N–H and O–H groups in total. The molecule has 0 aliphatic heterocycles. The number of rotatable bonds is 4. The number of nitrogens with one attached hydrogen (secondary N) is 1. The van der Waals surface area contributed by atoms with Gasteiger partial charge in [0.25, 0.3) is 0 Å². The van der Waals surface area contributed by atoms with Gasteiger partial charge in [-0.05, 0) is 26.0 Å². The van der Waals surface area contributed by atoms with Gasteiger partial charge in [0.2, 0.25) is 12.4 Å². The normalized spacial score (nSPS) is 11.1. The maximum absolute atomic E-state index is 12.1. The zero-order chi connectivity index (χ0) is 14.8. The van der Waals surface area contributed by atoms with E-state index in [0.29, 0.717) is 5.56 Å². The van der Waals surface area contributed by atoms with Crippen molar-refractivity contribution in [2.45, 2.75) is 18.7 Å². The first-order chi connectivity index (χ1) is 9.38. The molecule has 1 aromatic carbocycles. The summed E-state index contributed by atoms with van der Waals surface area (Å²) < 4.78 is 25.6. The van der Waals surface area contributed by atoms with Gasteiger partial charge in [-0.15, -0.1) is 0 Å². The Morgan fingerprint density at radius 1 is 1.05 bits per heavy atom. The van der Waals surface area contributed by atoms with Gasteiger partial charge in [-0.3, -0.25) is 4.79 Å². The van der Waals surface area contributed by atoms with Gasteiger partial charge < -0.3 is 0 Å². The van der Waals surface area contributed by atoms with Gasteiger partial charge in [0.15, 0.2) is 5.78 Å². The van der Waals surface area contributed by atoms with Crippen molar-refractivity contribution in [3.05, 3.63) is 59.9 Å². The Kier molecular flexibility index (Phi) is 3.85. The van der Waals surface area contributed by atoms with Crippen LogP contribution in [0.25, 0.3) is 0 Å². The second-order valence-electron chi connectivity index (χ2n) is 4.46. The van der Waals surface area contributed by atoms with Crippen molar-refractivity contribution in [1.82, 2.24) is 0 Å². The summed E-state index contributed by atoms with van der Waals surface area (Å²) in [6, 6.07) is 9.67. The number of benzene rings is 1. The van der Waals surface area contributed by atoms with Crippen LogP contribution in [0.3, 0.4) is 0 Å². The highest BCUT2D eigenvalue weighted by Crippen LogP contribution is 2.09. The van der Waals surface area contributed by atoms with E-state index >= 15 is 0 Å². The third kappa shape index (κ3) is 3.21. The topological polar surface area (TPSA) is 67.1 Å². The molecule has 0 radical (unpaired) electrons. The molecule has 1 aromatic heterocycles. The SMILES string of the molecule is CC(=O)c1cc[n+](NS(=O)(=O)c2ccc(C)cc2)cc1. The highest BCUT2D eigenvalue weighted by Gasteiger charge is 2.18. The van der Waals surface area contributed by atoms with Gasteiger partial charge in [0.05, 0.1) is 4.90 Å². The first-order valence-electron chi connectivity index (χ1n) is 6.00. The quantitative estimate of drug-likeness (QED) is 0.684. The number of aromatic nitrogens is 1. The molecular weight excluding hydrogens is 276 g/mol. The number of aryl methyl sites for hydroxylation is 1. The smallest absolute Gasteiger partial charge is 0.295 e. The minimum atomic E-state index is -3.64. The number of pyridine rings is 1. The minimum Gasteiger partial charge on any atom is -0.295 e. The number of carbonyl (C=O) groups excluding carboxylic acids is 1. The minimum absolute atomic E-state index is 0.0708. The zero-order valence-corrected chi connectivity index (χ0v) is 12.0. The van der Waals surface area contributed by atoms with Gasteiger partial charge in [0, 0.05) is 17.7 Å². The number of nitrogens with zero attached hydrogens (tertiary/aromatic N) is 1. The van der Waals surface area contributed by atoms with Crippen molar-refractivity contribution in [2.24, 2.45) is 0 Å². The fraction of sp³-hybridized carbons (Fsp3) is 0.143. The van der Waals surface area contributed by atoms with E-state index in [-0.39, 0.29) is 10.7 Å². The van der Waals surface area contributed by atoms with E-state index < -0.39 is 10.0 Å². The van der Waals surface area contributed by atoms with Crippen LogP contribution in [-0.2, 0) is 10.0 Å². The van der Waals surface area contributed by atoms with Gasteiger partial charge in [0.1, 0.15) is 0 Å². The maximum Gasteiger partial charge on any atom is 0.306 e. The number of hydrogen-bond acceptors (Lipinski definition) is 3. The molecule has 0 saturated carbocycles. The maximum atomic E-state index is 12.1. The first kappa shape index (κ1) is 14.2. The van der Waals surface area contributed by atoms with Crippen LogP contribution in [-0.4, -0.2) is 14.2 Å². The zero-order valence-electron chi connectivity index (χ0n) is 11.2. The van der Waals surface area contributed by atoms with Crippen LogP contribution in [0.2, 0.25) is 0 Å². The van der Waals surface area contributed by atoms with Crippen LogP contribution < -0.4 is 9.51 Å². The van der Waals surface area contributed by atoms with E-state index in [1.165, 1.54) is 24.0 Å². The van der Waals surface area contributed by atoms with Crippen molar-refractivity contribution < 1.29 is 17.9 Å². The largest absolute Gasteiger partial charge is 0.306 e. The standard InChI is InChI=1S/C14H14N2O3S/c1-11-3-5-14(6-4-11)20(18,19)15-16-9-7-13(8-10-16)12(2)17/h3-10H,1-2H3/p+1. The lowest BCUT2D eigenvalue weighted by Crippen LogP contribution is -2.47. The Balaban J connectivity index is 2.24. The average molecular weight is 291 g/mol. The van der Waals surface area contributed by atoms with Gasteiger partial charge in [-0.2, -0.15) is 8.42 Å². The van der Waals surface area contributed by atoms with Crippen molar-refractivity contribution in [3.63, 3.8) is 0 Å². The third-order valence-corrected chi connectivity index (χ3v) is 4.14. The van der Waals surface area contributed by atoms with E-state index in [4.69, 9.17) is 0 Å². The summed E-state index contributed by atoms with van der Waals surface area (Å²) in [6.07, 6.45) is 2.98. The Morgan fingerprint density at radius 2 is 1.60 bits per heavy atom. The predicted octanol–water partition coefficient (Wildman–Crippen LogP) is 1.42. The number of carbonyl (C=O) groups is 1. The molecule has 0 saturated heterocycles. The molecule has 6 heteroatoms. The fourth-order valence-electron chi connectivity index (χ4n) is 1.63. The lowest BCUT2D eigenvalue weighted by molar-refractivity contribution is -0.636. The Hall–Kier alpha value is -2.21. The molecule has 0 fully saturated rings. The van der Waals surface area contributed by atoms with E-state index in [1.54, 1.807) is 36.4 Å². The van der Waals surface area contributed by atoms with E-state index in [2.05, 4.69) is 4.83 Å². The highest BCUT2D eigenvalue weighted by atomic mass is 32.2. The Bertz CT molecular complexity index is 720. The van der Waals surface area contributed by atoms with Gasteiger partial charge in [-0.1, -0.05) is 27.2 Å². The Morgan fingerprint density at radius 3 is 2.10 bits per heavy atom. The number of Topliss-reactive ketones (excluding diaryl/α,β-unsaturated/α-hetero) is 1. The fourth-order valence-corrected chi connectivity index (χ4v) is 2.63. The molecule has 0 bridgehead atoms. The molecule has 0 amide bonds. The molecule has 104 valence electrons. The molecule has 2 rings (SSSR count). The second-order valence-corrected chi connectivity index (χ2v) is 6.12. The molecule has 5 nitrogen and oxygen atoms in total. The summed E-state index contributed by atoms with van der Waals surface area (Å²) in [5, 5.41) is 0. The molecule has 1 heterocycles. The number of sulfonamides is 1. The third-order valence-electron chi connectivity index (χ3n) is 2.79. The van der Waals surface area contributed by atoms with Gasteiger partial charge >= 0.3 is 10.0 Å². The lowest BCUT2D eigenvalue weighted by atomic mass is 10.2. The van der Waals surface area contributed by atoms with Crippen molar-refractivity contribution in [1.29, 1.82) is 0 Å². The number of hydrogen-bond donors (Lipinski definition) is 1. The lowest BCUT2D eigenvalue weighted by Gasteiger charge is -2.03. The van der Waals surface area contributed by atoms with Crippen LogP contribution in [0.15, 0.2) is 53.7 Å². The molecule has 0 aliphatic carbocycles. The van der Waals surface area contributed by atoms with Crippen LogP contribution in [0.1, 0.15) is 22.8 Å². The van der Waals surface area contributed by atoms with Crippen molar-refractivity contribution >= 4 is 15.8 Å². The summed E-state index contributed by atoms with van der Waals surface area (Å²) in [5.74, 6) is -0.0708. The van der Waals surface area contributed by atoms with E-state index in [1.807, 2.05) is 6.92 Å². The summed E-state index contributed by atoms with van der Waals surface area (Å²) in [5.41, 5.74) is 1.51. The summed E-state index contributed by atoms with van der Waals surface area (Å²) in [7, 11) is -3.64. The van der Waals surface area contributed by atoms with Crippen molar-refractivity contribution in [3.8, 4) is 0 Å². The molecule has 2 aromatic rings. The molecule has 0 atom stereocenters. The summed E-state index contributed by atoms with van der Waals surface area (Å²) in [6.45, 7) is 3.34. The first-order valence-corrected chi connectivity index (χ1v) is 7.48. The van der Waals surface area contributed by atoms with Crippen LogP contribution in [0, 0.1) is 6.92 Å². The van der Waals surface area contributed by atoms with Crippen LogP contribution in [0.5, 0.6) is 0 Å². The Labute approximate surface area is 117 Å². The summed E-state index contributed by atoms with van der Waals surface area (Å²) >= 11 is 0. The monoisotopic (exact) mass is 291 g/mol. The van der Waals surface area contributed by atoms with Crippen LogP contribution >= 0.6 is 0 Å². The van der Waals surface area contributed by atoms with Crippen LogP contribution in [0.4, 0.5) is 0 Å². The summed E-state index contributed by atoms with van der Waals surface area (Å²) in [4.78, 5) is 13.7. The highest BCUT2D eigenvalue weighted by molar-refractivity contribution is 7.92.